The Kier molecular flexibility index (Phi) is 3.52. The zero-order chi connectivity index (χ0) is 14.9. The molecule has 0 aliphatic rings. The van der Waals surface area contributed by atoms with E-state index in [1.54, 1.807) is 25.1 Å². The van der Waals surface area contributed by atoms with Crippen molar-refractivity contribution in [2.45, 2.75) is 13.1 Å². The summed E-state index contributed by atoms with van der Waals surface area (Å²) in [6.07, 6.45) is -4.63. The zero-order valence-corrected chi connectivity index (χ0v) is 10.8. The van der Waals surface area contributed by atoms with Crippen LogP contribution < -0.4 is 10.5 Å². The first kappa shape index (κ1) is 14.1. The highest BCUT2D eigenvalue weighted by molar-refractivity contribution is 5.66. The molecule has 0 amide bonds. The molecule has 7 heteroatoms. The highest BCUT2D eigenvalue weighted by Crippen LogP contribution is 2.31. The maximum absolute atomic E-state index is 12.7. The third-order valence-electron chi connectivity index (χ3n) is 2.71. The number of hydrogen-bond donors (Lipinski definition) is 1. The summed E-state index contributed by atoms with van der Waals surface area (Å²) in [7, 11) is 1.51. The van der Waals surface area contributed by atoms with Crippen LogP contribution in [0.25, 0.3) is 11.3 Å². The number of halogens is 3. The Labute approximate surface area is 113 Å². The SMILES string of the molecule is COc1ccc(-c2cc(N)nc(C(F)(F)F)n2)c(C)c1. The van der Waals surface area contributed by atoms with Crippen molar-refractivity contribution in [3.63, 3.8) is 0 Å². The summed E-state index contributed by atoms with van der Waals surface area (Å²) in [6.45, 7) is 1.75. The number of nitrogen functional groups attached to an aromatic ring is 1. The Morgan fingerprint density at radius 1 is 1.15 bits per heavy atom. The Bertz CT molecular complexity index is 641. The quantitative estimate of drug-likeness (QED) is 0.920. The van der Waals surface area contributed by atoms with Crippen molar-refractivity contribution < 1.29 is 17.9 Å². The van der Waals surface area contributed by atoms with Gasteiger partial charge in [0.1, 0.15) is 11.6 Å². The molecule has 1 aromatic carbocycles. The topological polar surface area (TPSA) is 61.0 Å². The lowest BCUT2D eigenvalue weighted by Gasteiger charge is -2.11. The maximum atomic E-state index is 12.7. The lowest BCUT2D eigenvalue weighted by molar-refractivity contribution is -0.144. The zero-order valence-electron chi connectivity index (χ0n) is 10.8. The van der Waals surface area contributed by atoms with E-state index in [1.807, 2.05) is 0 Å². The number of nitrogens with zero attached hydrogens (tertiary/aromatic N) is 2. The number of alkyl halides is 3. The van der Waals surface area contributed by atoms with E-state index in [-0.39, 0.29) is 11.5 Å². The monoisotopic (exact) mass is 283 g/mol. The van der Waals surface area contributed by atoms with Gasteiger partial charge < -0.3 is 10.5 Å². The molecule has 0 atom stereocenters. The fourth-order valence-corrected chi connectivity index (χ4v) is 1.78. The molecule has 4 nitrogen and oxygen atoms in total. The van der Waals surface area contributed by atoms with Crippen molar-refractivity contribution in [3.05, 3.63) is 35.7 Å². The Hall–Kier alpha value is -2.31. The van der Waals surface area contributed by atoms with Crippen LogP contribution in [0.2, 0.25) is 0 Å². The second kappa shape index (κ2) is 4.99. The first-order valence-electron chi connectivity index (χ1n) is 5.68. The van der Waals surface area contributed by atoms with Crippen LogP contribution in [0.15, 0.2) is 24.3 Å². The first-order chi connectivity index (χ1) is 9.31. The van der Waals surface area contributed by atoms with Gasteiger partial charge >= 0.3 is 6.18 Å². The van der Waals surface area contributed by atoms with Crippen LogP contribution in [-0.2, 0) is 6.18 Å². The summed E-state index contributed by atoms with van der Waals surface area (Å²) < 4.78 is 43.1. The molecule has 106 valence electrons. The average Bonchev–Trinajstić information content (AvgIpc) is 2.36. The Morgan fingerprint density at radius 3 is 2.40 bits per heavy atom. The fourth-order valence-electron chi connectivity index (χ4n) is 1.78. The standard InChI is InChI=1S/C13H12F3N3O/c1-7-5-8(20-2)3-4-9(7)10-6-11(17)19-12(18-10)13(14,15)16/h3-6H,1-2H3,(H2,17,18,19). The van der Waals surface area contributed by atoms with Gasteiger partial charge in [-0.1, -0.05) is 0 Å². The predicted molar refractivity (Wildman–Crippen MR) is 68.2 cm³/mol. The van der Waals surface area contributed by atoms with E-state index in [0.717, 1.165) is 5.56 Å². The number of ether oxygens (including phenoxy) is 1. The molecule has 0 unspecified atom stereocenters. The molecule has 1 heterocycles. The maximum Gasteiger partial charge on any atom is 0.451 e. The number of aromatic nitrogens is 2. The minimum absolute atomic E-state index is 0.130. The van der Waals surface area contributed by atoms with Gasteiger partial charge in [0.2, 0.25) is 5.82 Å². The van der Waals surface area contributed by atoms with E-state index in [0.29, 0.717) is 11.3 Å². The number of hydrogen-bond acceptors (Lipinski definition) is 4. The van der Waals surface area contributed by atoms with Crippen LogP contribution in [0.3, 0.4) is 0 Å². The fraction of sp³-hybridized carbons (Fsp3) is 0.231. The predicted octanol–water partition coefficient (Wildman–Crippen LogP) is 3.06. The van der Waals surface area contributed by atoms with Crippen molar-refractivity contribution in [2.24, 2.45) is 0 Å². The van der Waals surface area contributed by atoms with Crippen LogP contribution in [0.4, 0.5) is 19.0 Å². The highest BCUT2D eigenvalue weighted by atomic mass is 19.4. The summed E-state index contributed by atoms with van der Waals surface area (Å²) in [5.74, 6) is -0.857. The molecule has 2 N–H and O–H groups in total. The summed E-state index contributed by atoms with van der Waals surface area (Å²) in [6, 6.07) is 6.30. The summed E-state index contributed by atoms with van der Waals surface area (Å²) in [5, 5.41) is 0. The van der Waals surface area contributed by atoms with Crippen molar-refractivity contribution in [3.8, 4) is 17.0 Å². The van der Waals surface area contributed by atoms with Gasteiger partial charge in [-0.15, -0.1) is 0 Å². The molecular formula is C13H12F3N3O. The molecule has 0 saturated carbocycles. The van der Waals surface area contributed by atoms with Gasteiger partial charge in [0.15, 0.2) is 0 Å². The lowest BCUT2D eigenvalue weighted by atomic mass is 10.0. The van der Waals surface area contributed by atoms with Crippen molar-refractivity contribution in [2.75, 3.05) is 12.8 Å². The van der Waals surface area contributed by atoms with E-state index < -0.39 is 12.0 Å². The number of rotatable bonds is 2. The van der Waals surface area contributed by atoms with Crippen LogP contribution >= 0.6 is 0 Å². The summed E-state index contributed by atoms with van der Waals surface area (Å²) in [5.41, 5.74) is 6.83. The molecule has 20 heavy (non-hydrogen) atoms. The molecule has 0 bridgehead atoms. The normalized spacial score (nSPS) is 11.4. The number of nitrogens with two attached hydrogens (primary N) is 1. The van der Waals surface area contributed by atoms with Crippen molar-refractivity contribution >= 4 is 5.82 Å². The van der Waals surface area contributed by atoms with Gasteiger partial charge in [0.05, 0.1) is 12.8 Å². The van der Waals surface area contributed by atoms with Gasteiger partial charge in [-0.3, -0.25) is 0 Å². The largest absolute Gasteiger partial charge is 0.497 e. The molecule has 0 fully saturated rings. The molecule has 0 aliphatic carbocycles. The Balaban J connectivity index is 2.55. The molecule has 2 rings (SSSR count). The van der Waals surface area contributed by atoms with Crippen molar-refractivity contribution in [1.82, 2.24) is 9.97 Å². The third kappa shape index (κ3) is 2.81. The molecule has 0 saturated heterocycles. The summed E-state index contributed by atoms with van der Waals surface area (Å²) in [4.78, 5) is 6.75. The molecule has 1 aromatic heterocycles. The van der Waals surface area contributed by atoms with Gasteiger partial charge in [0.25, 0.3) is 0 Å². The van der Waals surface area contributed by atoms with E-state index in [4.69, 9.17) is 10.5 Å². The highest BCUT2D eigenvalue weighted by Gasteiger charge is 2.35. The minimum Gasteiger partial charge on any atom is -0.497 e. The van der Waals surface area contributed by atoms with Crippen LogP contribution in [0.1, 0.15) is 11.4 Å². The van der Waals surface area contributed by atoms with Crippen LogP contribution in [-0.4, -0.2) is 17.1 Å². The third-order valence-corrected chi connectivity index (χ3v) is 2.71. The van der Waals surface area contributed by atoms with E-state index in [9.17, 15) is 13.2 Å². The van der Waals surface area contributed by atoms with Crippen molar-refractivity contribution in [1.29, 1.82) is 0 Å². The number of aryl methyl sites for hydroxylation is 1. The molecule has 2 aromatic rings. The van der Waals surface area contributed by atoms with Crippen LogP contribution in [0.5, 0.6) is 5.75 Å². The minimum atomic E-state index is -4.63. The van der Waals surface area contributed by atoms with E-state index in [2.05, 4.69) is 9.97 Å². The molecular weight excluding hydrogens is 271 g/mol. The Morgan fingerprint density at radius 2 is 1.85 bits per heavy atom. The second-order valence-corrected chi connectivity index (χ2v) is 4.18. The van der Waals surface area contributed by atoms with Gasteiger partial charge in [-0.05, 0) is 30.7 Å². The van der Waals surface area contributed by atoms with Gasteiger partial charge in [-0.2, -0.15) is 13.2 Å². The molecule has 0 spiro atoms. The number of methoxy groups -OCH3 is 1. The summed E-state index contributed by atoms with van der Waals surface area (Å²) >= 11 is 0. The average molecular weight is 283 g/mol. The van der Waals surface area contributed by atoms with E-state index >= 15 is 0 Å². The lowest BCUT2D eigenvalue weighted by Crippen LogP contribution is -2.13. The number of anilines is 1. The number of benzene rings is 1. The first-order valence-corrected chi connectivity index (χ1v) is 5.68. The van der Waals surface area contributed by atoms with Gasteiger partial charge in [0, 0.05) is 11.6 Å². The van der Waals surface area contributed by atoms with Crippen LogP contribution in [0, 0.1) is 6.92 Å². The van der Waals surface area contributed by atoms with E-state index in [1.165, 1.54) is 13.2 Å². The smallest absolute Gasteiger partial charge is 0.451 e. The molecule has 0 radical (unpaired) electrons. The second-order valence-electron chi connectivity index (χ2n) is 4.18. The van der Waals surface area contributed by atoms with Gasteiger partial charge in [-0.25, -0.2) is 9.97 Å². The molecule has 0 aliphatic heterocycles.